The van der Waals surface area contributed by atoms with Crippen molar-refractivity contribution in [1.82, 2.24) is 9.78 Å². The van der Waals surface area contributed by atoms with Crippen molar-refractivity contribution in [3.63, 3.8) is 0 Å². The molecule has 1 unspecified atom stereocenters. The third kappa shape index (κ3) is 1.81. The second-order valence-electron chi connectivity index (χ2n) is 4.74. The maximum atomic E-state index is 6.15. The second-order valence-corrected chi connectivity index (χ2v) is 5.89. The van der Waals surface area contributed by atoms with Gasteiger partial charge in [-0.25, -0.2) is 0 Å². The Hall–Kier alpha value is -0.480. The summed E-state index contributed by atoms with van der Waals surface area (Å²) in [5.74, 6) is 2.52. The standard InChI is InChI=1S/C11H17N3S/c12-11(3-4-11)9-6-13-14(7-9)10-2-1-5-15-8-10/h6-7,10H,1-5,8,12H2. The number of rotatable bonds is 2. The number of hydrogen-bond acceptors (Lipinski definition) is 3. The Kier molecular flexibility index (Phi) is 2.29. The maximum Gasteiger partial charge on any atom is 0.0609 e. The van der Waals surface area contributed by atoms with Crippen LogP contribution in [0.2, 0.25) is 0 Å². The van der Waals surface area contributed by atoms with Gasteiger partial charge < -0.3 is 5.73 Å². The molecule has 0 aromatic carbocycles. The van der Waals surface area contributed by atoms with E-state index in [-0.39, 0.29) is 5.54 Å². The minimum atomic E-state index is -0.0277. The van der Waals surface area contributed by atoms with Crippen LogP contribution in [0.1, 0.15) is 37.3 Å². The van der Waals surface area contributed by atoms with E-state index in [2.05, 4.69) is 16.0 Å². The SMILES string of the molecule is NC1(c2cnn(C3CCCSC3)c2)CC1. The zero-order chi connectivity index (χ0) is 10.3. The zero-order valence-corrected chi connectivity index (χ0v) is 9.67. The van der Waals surface area contributed by atoms with Crippen LogP contribution in [0.4, 0.5) is 0 Å². The Bertz CT molecular complexity index is 350. The van der Waals surface area contributed by atoms with Crippen molar-refractivity contribution >= 4 is 11.8 Å². The normalized spacial score (nSPS) is 29.0. The van der Waals surface area contributed by atoms with Crippen LogP contribution in [0.25, 0.3) is 0 Å². The Morgan fingerprint density at radius 2 is 2.40 bits per heavy atom. The zero-order valence-electron chi connectivity index (χ0n) is 8.85. The van der Waals surface area contributed by atoms with Crippen LogP contribution in [0.5, 0.6) is 0 Å². The predicted molar refractivity (Wildman–Crippen MR) is 62.9 cm³/mol. The van der Waals surface area contributed by atoms with Gasteiger partial charge in [-0.15, -0.1) is 0 Å². The molecule has 1 aromatic rings. The molecule has 1 aliphatic carbocycles. The minimum Gasteiger partial charge on any atom is -0.321 e. The smallest absolute Gasteiger partial charge is 0.0609 e. The summed E-state index contributed by atoms with van der Waals surface area (Å²) in [6.45, 7) is 0. The molecule has 1 aliphatic heterocycles. The fourth-order valence-corrected chi connectivity index (χ4v) is 3.28. The van der Waals surface area contributed by atoms with Gasteiger partial charge in [0.05, 0.1) is 12.2 Å². The van der Waals surface area contributed by atoms with Gasteiger partial charge in [-0.05, 0) is 31.4 Å². The Balaban J connectivity index is 1.77. The van der Waals surface area contributed by atoms with E-state index in [0.29, 0.717) is 6.04 Å². The molecule has 2 heterocycles. The second kappa shape index (κ2) is 3.52. The van der Waals surface area contributed by atoms with Gasteiger partial charge in [0.25, 0.3) is 0 Å². The van der Waals surface area contributed by atoms with Gasteiger partial charge in [-0.2, -0.15) is 16.9 Å². The van der Waals surface area contributed by atoms with Crippen LogP contribution < -0.4 is 5.73 Å². The van der Waals surface area contributed by atoms with Gasteiger partial charge in [0.2, 0.25) is 0 Å². The molecule has 1 saturated heterocycles. The Labute approximate surface area is 94.4 Å². The molecule has 1 aromatic heterocycles. The lowest BCUT2D eigenvalue weighted by atomic mass is 10.1. The summed E-state index contributed by atoms with van der Waals surface area (Å²) in [6, 6.07) is 0.597. The average Bonchev–Trinajstić information content (AvgIpc) is 2.85. The lowest BCUT2D eigenvalue weighted by Gasteiger charge is -2.21. The molecule has 3 rings (SSSR count). The van der Waals surface area contributed by atoms with E-state index in [4.69, 9.17) is 5.73 Å². The first kappa shape index (κ1) is 9.73. The van der Waals surface area contributed by atoms with Crippen molar-refractivity contribution < 1.29 is 0 Å². The topological polar surface area (TPSA) is 43.8 Å². The van der Waals surface area contributed by atoms with Crippen LogP contribution in [-0.4, -0.2) is 21.3 Å². The lowest BCUT2D eigenvalue weighted by Crippen LogP contribution is -2.19. The van der Waals surface area contributed by atoms with E-state index in [9.17, 15) is 0 Å². The Morgan fingerprint density at radius 1 is 1.53 bits per heavy atom. The predicted octanol–water partition coefficient (Wildman–Crippen LogP) is 1.90. The van der Waals surface area contributed by atoms with E-state index in [1.165, 1.54) is 29.9 Å². The highest BCUT2D eigenvalue weighted by Gasteiger charge is 2.41. The van der Waals surface area contributed by atoms with Crippen LogP contribution in [0.3, 0.4) is 0 Å². The van der Waals surface area contributed by atoms with Crippen molar-refractivity contribution in [2.75, 3.05) is 11.5 Å². The first-order valence-corrected chi connectivity index (χ1v) is 6.85. The average molecular weight is 223 g/mol. The first-order chi connectivity index (χ1) is 7.28. The largest absolute Gasteiger partial charge is 0.321 e. The molecular formula is C11H17N3S. The van der Waals surface area contributed by atoms with Crippen molar-refractivity contribution in [2.45, 2.75) is 37.3 Å². The summed E-state index contributed by atoms with van der Waals surface area (Å²) in [7, 11) is 0. The summed E-state index contributed by atoms with van der Waals surface area (Å²) in [5, 5.41) is 4.47. The Morgan fingerprint density at radius 3 is 3.07 bits per heavy atom. The molecule has 0 spiro atoms. The van der Waals surface area contributed by atoms with Gasteiger partial charge in [-0.3, -0.25) is 4.68 Å². The van der Waals surface area contributed by atoms with E-state index in [1.54, 1.807) is 0 Å². The van der Waals surface area contributed by atoms with Crippen molar-refractivity contribution in [1.29, 1.82) is 0 Å². The monoisotopic (exact) mass is 223 g/mol. The van der Waals surface area contributed by atoms with Gasteiger partial charge in [-0.1, -0.05) is 0 Å². The molecule has 0 bridgehead atoms. The van der Waals surface area contributed by atoms with E-state index in [0.717, 1.165) is 12.8 Å². The third-order valence-electron chi connectivity index (χ3n) is 3.48. The highest BCUT2D eigenvalue weighted by Crippen LogP contribution is 2.42. The highest BCUT2D eigenvalue weighted by atomic mass is 32.2. The van der Waals surface area contributed by atoms with Crippen molar-refractivity contribution in [3.05, 3.63) is 18.0 Å². The number of nitrogens with two attached hydrogens (primary N) is 1. The molecule has 82 valence electrons. The number of nitrogens with zero attached hydrogens (tertiary/aromatic N) is 2. The van der Waals surface area contributed by atoms with E-state index in [1.807, 2.05) is 18.0 Å². The van der Waals surface area contributed by atoms with Crippen LogP contribution in [0.15, 0.2) is 12.4 Å². The fourth-order valence-electron chi connectivity index (χ4n) is 2.15. The van der Waals surface area contributed by atoms with Gasteiger partial charge >= 0.3 is 0 Å². The van der Waals surface area contributed by atoms with E-state index < -0.39 is 0 Å². The van der Waals surface area contributed by atoms with Crippen molar-refractivity contribution in [3.8, 4) is 0 Å². The molecule has 15 heavy (non-hydrogen) atoms. The molecule has 3 nitrogen and oxygen atoms in total. The van der Waals surface area contributed by atoms with Crippen molar-refractivity contribution in [2.24, 2.45) is 5.73 Å². The quantitative estimate of drug-likeness (QED) is 0.832. The summed E-state index contributed by atoms with van der Waals surface area (Å²) in [6.07, 6.45) is 8.97. The molecular weight excluding hydrogens is 206 g/mol. The van der Waals surface area contributed by atoms with E-state index >= 15 is 0 Å². The van der Waals surface area contributed by atoms with Crippen LogP contribution in [-0.2, 0) is 5.54 Å². The fraction of sp³-hybridized carbons (Fsp3) is 0.727. The number of thioether (sulfide) groups is 1. The maximum absolute atomic E-state index is 6.15. The molecule has 1 saturated carbocycles. The summed E-state index contributed by atoms with van der Waals surface area (Å²) in [4.78, 5) is 0. The molecule has 4 heteroatoms. The van der Waals surface area contributed by atoms with Gasteiger partial charge in [0.15, 0.2) is 0 Å². The van der Waals surface area contributed by atoms with Crippen LogP contribution >= 0.6 is 11.8 Å². The molecule has 2 fully saturated rings. The molecule has 2 aliphatic rings. The molecule has 0 radical (unpaired) electrons. The number of aromatic nitrogens is 2. The molecule has 2 N–H and O–H groups in total. The summed E-state index contributed by atoms with van der Waals surface area (Å²) < 4.78 is 2.13. The van der Waals surface area contributed by atoms with Crippen LogP contribution in [0, 0.1) is 0 Å². The summed E-state index contributed by atoms with van der Waals surface area (Å²) >= 11 is 2.04. The molecule has 1 atom stereocenters. The van der Waals surface area contributed by atoms with Gasteiger partial charge in [0.1, 0.15) is 0 Å². The highest BCUT2D eigenvalue weighted by molar-refractivity contribution is 7.99. The number of hydrogen-bond donors (Lipinski definition) is 1. The minimum absolute atomic E-state index is 0.0277. The third-order valence-corrected chi connectivity index (χ3v) is 4.67. The summed E-state index contributed by atoms with van der Waals surface area (Å²) in [5.41, 5.74) is 7.36. The first-order valence-electron chi connectivity index (χ1n) is 5.69. The lowest BCUT2D eigenvalue weighted by molar-refractivity contribution is 0.454. The van der Waals surface area contributed by atoms with Gasteiger partial charge in [0, 0.05) is 23.1 Å². The molecule has 0 amide bonds.